The Morgan fingerprint density at radius 1 is 1.29 bits per heavy atom. The molecule has 1 aromatic rings. The molecule has 136 valence electrons. The van der Waals surface area contributed by atoms with E-state index in [-0.39, 0.29) is 30.7 Å². The lowest BCUT2D eigenvalue weighted by Crippen LogP contribution is -2.36. The fourth-order valence-electron chi connectivity index (χ4n) is 2.18. The van der Waals surface area contributed by atoms with Crippen molar-refractivity contribution in [3.05, 3.63) is 23.8 Å². The second kappa shape index (κ2) is 10.4. The third kappa shape index (κ3) is 5.52. The Kier molecular flexibility index (Phi) is 9.69. The van der Waals surface area contributed by atoms with Gasteiger partial charge in [-0.2, -0.15) is 0 Å². The van der Waals surface area contributed by atoms with Crippen molar-refractivity contribution in [2.24, 2.45) is 5.73 Å². The lowest BCUT2D eigenvalue weighted by atomic mass is 10.1. The Hall–Kier alpha value is -1.54. The number of nitrogens with two attached hydrogens (primary N) is 1. The maximum Gasteiger partial charge on any atom is 0.340 e. The van der Waals surface area contributed by atoms with Gasteiger partial charge in [0.25, 0.3) is 0 Å². The number of amides is 1. The number of halogens is 2. The van der Waals surface area contributed by atoms with Crippen molar-refractivity contribution in [1.29, 1.82) is 0 Å². The zero-order valence-corrected chi connectivity index (χ0v) is 15.2. The van der Waals surface area contributed by atoms with E-state index in [1.165, 1.54) is 7.11 Å². The molecule has 0 saturated carbocycles. The number of nitrogens with zero attached hydrogens (tertiary/aromatic N) is 1. The molecule has 0 radical (unpaired) electrons. The number of morpholine rings is 1. The van der Waals surface area contributed by atoms with Gasteiger partial charge in [0, 0.05) is 18.8 Å². The summed E-state index contributed by atoms with van der Waals surface area (Å²) in [5.41, 5.74) is 7.13. The van der Waals surface area contributed by atoms with E-state index in [2.05, 4.69) is 10.2 Å². The van der Waals surface area contributed by atoms with Crippen molar-refractivity contribution in [2.75, 3.05) is 43.6 Å². The second-order valence-electron chi connectivity index (χ2n) is 5.10. The molecule has 1 aliphatic heterocycles. The first kappa shape index (κ1) is 22.5. The number of ether oxygens (including phenoxy) is 2. The first-order chi connectivity index (χ1) is 10.5. The fraction of sp³-hybridized carbons (Fsp3) is 0.467. The van der Waals surface area contributed by atoms with E-state index in [1.54, 1.807) is 19.1 Å². The Balaban J connectivity index is 0.00000264. The molecule has 1 aromatic carbocycles. The largest absolute Gasteiger partial charge is 0.465 e. The zero-order chi connectivity index (χ0) is 16.1. The van der Waals surface area contributed by atoms with Crippen LogP contribution in [0.2, 0.25) is 0 Å². The van der Waals surface area contributed by atoms with Crippen LogP contribution < -0.4 is 16.0 Å². The molecule has 0 spiro atoms. The molecule has 1 amide bonds. The summed E-state index contributed by atoms with van der Waals surface area (Å²) in [6.45, 7) is 4.39. The summed E-state index contributed by atoms with van der Waals surface area (Å²) in [7, 11) is 1.31. The van der Waals surface area contributed by atoms with Crippen molar-refractivity contribution in [2.45, 2.75) is 13.0 Å². The summed E-state index contributed by atoms with van der Waals surface area (Å²) in [5, 5.41) is 2.65. The van der Waals surface area contributed by atoms with E-state index >= 15 is 0 Å². The minimum absolute atomic E-state index is 0. The van der Waals surface area contributed by atoms with Crippen LogP contribution >= 0.6 is 24.8 Å². The van der Waals surface area contributed by atoms with Gasteiger partial charge in [0.05, 0.1) is 37.6 Å². The number of rotatable bonds is 4. The molecule has 1 atom stereocenters. The van der Waals surface area contributed by atoms with Gasteiger partial charge >= 0.3 is 5.97 Å². The third-order valence-electron chi connectivity index (χ3n) is 3.46. The molecule has 1 aliphatic rings. The lowest BCUT2D eigenvalue weighted by molar-refractivity contribution is -0.117. The molecule has 3 N–H and O–H groups in total. The van der Waals surface area contributed by atoms with Gasteiger partial charge in [-0.15, -0.1) is 24.8 Å². The highest BCUT2D eigenvalue weighted by atomic mass is 35.5. The molecular weight excluding hydrogens is 357 g/mol. The van der Waals surface area contributed by atoms with Crippen LogP contribution in [0.3, 0.4) is 0 Å². The second-order valence-corrected chi connectivity index (χ2v) is 5.10. The van der Waals surface area contributed by atoms with Gasteiger partial charge in [-0.3, -0.25) is 4.79 Å². The predicted molar refractivity (Wildman–Crippen MR) is 97.6 cm³/mol. The third-order valence-corrected chi connectivity index (χ3v) is 3.46. The van der Waals surface area contributed by atoms with Crippen molar-refractivity contribution < 1.29 is 19.1 Å². The summed E-state index contributed by atoms with van der Waals surface area (Å²) < 4.78 is 10.1. The van der Waals surface area contributed by atoms with Crippen LogP contribution in [0.15, 0.2) is 18.2 Å². The Labute approximate surface area is 153 Å². The maximum atomic E-state index is 12.0. The van der Waals surface area contributed by atoms with Crippen LogP contribution in [0.4, 0.5) is 11.4 Å². The number of anilines is 2. The number of benzene rings is 1. The standard InChI is InChI=1S/C15H21N3O4.2ClH/c1-10(16)14(19)17-13-4-3-11(9-12(13)15(20)21-2)18-5-7-22-8-6-18;;/h3-4,9-10H,5-8,16H2,1-2H3,(H,17,19);2*1H. The average Bonchev–Trinajstić information content (AvgIpc) is 2.55. The molecule has 1 unspecified atom stereocenters. The summed E-state index contributed by atoms with van der Waals surface area (Å²) in [6, 6.07) is 4.60. The normalized spacial score (nSPS) is 14.7. The van der Waals surface area contributed by atoms with Gasteiger partial charge in [-0.1, -0.05) is 0 Å². The molecule has 24 heavy (non-hydrogen) atoms. The SMILES string of the molecule is COC(=O)c1cc(N2CCOCC2)ccc1NC(=O)C(C)N.Cl.Cl. The quantitative estimate of drug-likeness (QED) is 0.768. The van der Waals surface area contributed by atoms with Crippen LogP contribution in [-0.4, -0.2) is 51.3 Å². The smallest absolute Gasteiger partial charge is 0.340 e. The molecule has 0 aliphatic carbocycles. The Bertz CT molecular complexity index is 564. The number of hydrogen-bond acceptors (Lipinski definition) is 6. The molecule has 9 heteroatoms. The molecule has 1 fully saturated rings. The highest BCUT2D eigenvalue weighted by molar-refractivity contribution is 6.03. The van der Waals surface area contributed by atoms with E-state index in [0.29, 0.717) is 24.5 Å². The van der Waals surface area contributed by atoms with E-state index in [4.69, 9.17) is 15.2 Å². The summed E-state index contributed by atoms with van der Waals surface area (Å²) in [5.74, 6) is -0.862. The van der Waals surface area contributed by atoms with Gasteiger partial charge in [0.2, 0.25) is 5.91 Å². The summed E-state index contributed by atoms with van der Waals surface area (Å²) >= 11 is 0. The number of carbonyl (C=O) groups excluding carboxylic acids is 2. The Morgan fingerprint density at radius 3 is 2.46 bits per heavy atom. The van der Waals surface area contributed by atoms with Crippen LogP contribution in [0.1, 0.15) is 17.3 Å². The summed E-state index contributed by atoms with van der Waals surface area (Å²) in [6.07, 6.45) is 0. The first-order valence-electron chi connectivity index (χ1n) is 7.14. The van der Waals surface area contributed by atoms with E-state index in [0.717, 1.165) is 18.8 Å². The number of nitrogens with one attached hydrogen (secondary N) is 1. The number of carbonyl (C=O) groups is 2. The molecule has 7 nitrogen and oxygen atoms in total. The fourth-order valence-corrected chi connectivity index (χ4v) is 2.18. The highest BCUT2D eigenvalue weighted by Crippen LogP contribution is 2.25. The van der Waals surface area contributed by atoms with Crippen LogP contribution in [-0.2, 0) is 14.3 Å². The van der Waals surface area contributed by atoms with Crippen LogP contribution in [0.25, 0.3) is 0 Å². The minimum Gasteiger partial charge on any atom is -0.465 e. The topological polar surface area (TPSA) is 93.9 Å². The molecule has 2 rings (SSSR count). The van der Waals surface area contributed by atoms with Gasteiger partial charge in [-0.05, 0) is 25.1 Å². The maximum absolute atomic E-state index is 12.0. The van der Waals surface area contributed by atoms with Gasteiger partial charge in [-0.25, -0.2) is 4.79 Å². The number of methoxy groups -OCH3 is 1. The minimum atomic E-state index is -0.663. The highest BCUT2D eigenvalue weighted by Gasteiger charge is 2.19. The van der Waals surface area contributed by atoms with E-state index in [1.807, 2.05) is 6.07 Å². The van der Waals surface area contributed by atoms with Crippen LogP contribution in [0, 0.1) is 0 Å². The molecular formula is C15H23Cl2N3O4. The number of esters is 1. The van der Waals surface area contributed by atoms with Crippen molar-refractivity contribution in [1.82, 2.24) is 0 Å². The zero-order valence-electron chi connectivity index (χ0n) is 13.6. The monoisotopic (exact) mass is 379 g/mol. The van der Waals surface area contributed by atoms with E-state index in [9.17, 15) is 9.59 Å². The van der Waals surface area contributed by atoms with Crippen molar-refractivity contribution in [3.63, 3.8) is 0 Å². The van der Waals surface area contributed by atoms with Crippen molar-refractivity contribution in [3.8, 4) is 0 Å². The first-order valence-corrected chi connectivity index (χ1v) is 7.14. The average molecular weight is 380 g/mol. The number of hydrogen-bond donors (Lipinski definition) is 2. The molecule has 1 saturated heterocycles. The molecule has 1 heterocycles. The van der Waals surface area contributed by atoms with Gasteiger partial charge in [0.1, 0.15) is 0 Å². The van der Waals surface area contributed by atoms with Gasteiger partial charge < -0.3 is 25.4 Å². The Morgan fingerprint density at radius 2 is 1.92 bits per heavy atom. The predicted octanol–water partition coefficient (Wildman–Crippen LogP) is 1.44. The van der Waals surface area contributed by atoms with Crippen molar-refractivity contribution >= 4 is 48.1 Å². The molecule has 0 aromatic heterocycles. The lowest BCUT2D eigenvalue weighted by Gasteiger charge is -2.29. The van der Waals surface area contributed by atoms with E-state index < -0.39 is 12.0 Å². The van der Waals surface area contributed by atoms with Gasteiger partial charge in [0.15, 0.2) is 0 Å². The van der Waals surface area contributed by atoms with Crippen LogP contribution in [0.5, 0.6) is 0 Å². The molecule has 0 bridgehead atoms. The summed E-state index contributed by atoms with van der Waals surface area (Å²) in [4.78, 5) is 25.8.